The van der Waals surface area contributed by atoms with Crippen molar-refractivity contribution in [2.45, 2.75) is 24.3 Å². The van der Waals surface area contributed by atoms with Gasteiger partial charge in [0.05, 0.1) is 6.10 Å². The van der Waals surface area contributed by atoms with Crippen molar-refractivity contribution in [1.82, 2.24) is 5.32 Å². The average molecular weight is 274 g/mol. The summed E-state index contributed by atoms with van der Waals surface area (Å²) in [6.45, 7) is 1.95. The molecule has 0 saturated carbocycles. The van der Waals surface area contributed by atoms with Gasteiger partial charge in [-0.3, -0.25) is 4.79 Å². The van der Waals surface area contributed by atoms with Gasteiger partial charge in [-0.15, -0.1) is 11.8 Å². The highest BCUT2D eigenvalue weighted by molar-refractivity contribution is 7.99. The number of nitrogens with one attached hydrogen (secondary N) is 1. The van der Waals surface area contributed by atoms with Crippen LogP contribution in [0, 0.1) is 0 Å². The van der Waals surface area contributed by atoms with Gasteiger partial charge in [0.15, 0.2) is 0 Å². The van der Waals surface area contributed by atoms with Crippen LogP contribution in [0.4, 0.5) is 0 Å². The van der Waals surface area contributed by atoms with Gasteiger partial charge < -0.3 is 10.4 Å². The number of carbonyl (C=O) groups excluding carboxylic acids is 1. The van der Waals surface area contributed by atoms with Gasteiger partial charge in [0.1, 0.15) is 0 Å². The summed E-state index contributed by atoms with van der Waals surface area (Å²) in [7, 11) is 0. The Morgan fingerprint density at radius 3 is 2.71 bits per heavy atom. The molecule has 94 valence electrons. The second kappa shape index (κ2) is 7.58. The Bertz CT molecular complexity index is 354. The number of hydrogen-bond acceptors (Lipinski definition) is 3. The maximum absolute atomic E-state index is 11.3. The van der Waals surface area contributed by atoms with Gasteiger partial charge >= 0.3 is 0 Å². The van der Waals surface area contributed by atoms with Gasteiger partial charge in [-0.25, -0.2) is 0 Å². The molecule has 1 unspecified atom stereocenters. The van der Waals surface area contributed by atoms with E-state index >= 15 is 0 Å². The van der Waals surface area contributed by atoms with Crippen LogP contribution in [0.3, 0.4) is 0 Å². The molecule has 1 aromatic carbocycles. The minimum absolute atomic E-state index is 0.0348. The first-order chi connectivity index (χ1) is 8.08. The molecule has 17 heavy (non-hydrogen) atoms. The molecule has 1 atom stereocenters. The summed E-state index contributed by atoms with van der Waals surface area (Å²) in [5.41, 5.74) is 0. The van der Waals surface area contributed by atoms with Crippen molar-refractivity contribution in [3.63, 3.8) is 0 Å². The number of carbonyl (C=O) groups is 1. The van der Waals surface area contributed by atoms with Gasteiger partial charge in [0.25, 0.3) is 0 Å². The van der Waals surface area contributed by atoms with E-state index in [9.17, 15) is 4.79 Å². The van der Waals surface area contributed by atoms with Crippen LogP contribution in [-0.2, 0) is 4.79 Å². The minimum atomic E-state index is -0.497. The lowest BCUT2D eigenvalue weighted by atomic mass is 10.4. The Kier molecular flexibility index (Phi) is 6.40. The first-order valence-electron chi connectivity index (χ1n) is 5.41. The van der Waals surface area contributed by atoms with E-state index in [1.54, 1.807) is 18.7 Å². The third-order valence-corrected chi connectivity index (χ3v) is 3.27. The monoisotopic (exact) mass is 273 g/mol. The number of benzene rings is 1. The van der Waals surface area contributed by atoms with Crippen molar-refractivity contribution in [2.24, 2.45) is 0 Å². The van der Waals surface area contributed by atoms with Crippen LogP contribution in [0.1, 0.15) is 13.3 Å². The first-order valence-corrected chi connectivity index (χ1v) is 6.77. The topological polar surface area (TPSA) is 49.3 Å². The van der Waals surface area contributed by atoms with Crippen molar-refractivity contribution in [3.8, 4) is 0 Å². The molecule has 1 amide bonds. The van der Waals surface area contributed by atoms with Crippen LogP contribution < -0.4 is 5.32 Å². The Morgan fingerprint density at radius 2 is 2.12 bits per heavy atom. The van der Waals surface area contributed by atoms with Crippen LogP contribution in [-0.4, -0.2) is 29.4 Å². The SMILES string of the molecule is CC(O)CNC(=O)CCSc1ccc(Cl)cc1. The summed E-state index contributed by atoms with van der Waals surface area (Å²) in [6, 6.07) is 7.52. The fraction of sp³-hybridized carbons (Fsp3) is 0.417. The van der Waals surface area contributed by atoms with Crippen LogP contribution in [0.2, 0.25) is 5.02 Å². The lowest BCUT2D eigenvalue weighted by Crippen LogP contribution is -2.30. The Morgan fingerprint density at radius 1 is 1.47 bits per heavy atom. The second-order valence-electron chi connectivity index (χ2n) is 3.71. The lowest BCUT2D eigenvalue weighted by Gasteiger charge is -2.06. The van der Waals surface area contributed by atoms with Crippen LogP contribution in [0.25, 0.3) is 0 Å². The van der Waals surface area contributed by atoms with Crippen LogP contribution >= 0.6 is 23.4 Å². The minimum Gasteiger partial charge on any atom is -0.392 e. The van der Waals surface area contributed by atoms with Gasteiger partial charge in [-0.05, 0) is 31.2 Å². The molecule has 0 spiro atoms. The molecule has 1 aromatic rings. The largest absolute Gasteiger partial charge is 0.392 e. The molecule has 5 heteroatoms. The summed E-state index contributed by atoms with van der Waals surface area (Å²) in [5, 5.41) is 12.4. The number of amides is 1. The molecule has 0 heterocycles. The molecule has 0 aliphatic heterocycles. The molecule has 2 N–H and O–H groups in total. The number of aliphatic hydroxyl groups excluding tert-OH is 1. The fourth-order valence-electron chi connectivity index (χ4n) is 1.14. The third kappa shape index (κ3) is 6.56. The van der Waals surface area contributed by atoms with Crippen molar-refractivity contribution in [2.75, 3.05) is 12.3 Å². The van der Waals surface area contributed by atoms with E-state index in [1.807, 2.05) is 24.3 Å². The molecule has 0 aliphatic carbocycles. The summed E-state index contributed by atoms with van der Waals surface area (Å²) >= 11 is 7.38. The number of aliphatic hydroxyl groups is 1. The van der Waals surface area contributed by atoms with Gasteiger partial charge in [0.2, 0.25) is 5.91 Å². The molecular formula is C12H16ClNO2S. The maximum Gasteiger partial charge on any atom is 0.220 e. The fourth-order valence-corrected chi connectivity index (χ4v) is 2.12. The van der Waals surface area contributed by atoms with E-state index < -0.39 is 6.10 Å². The molecule has 0 radical (unpaired) electrons. The molecular weight excluding hydrogens is 258 g/mol. The first kappa shape index (κ1) is 14.4. The molecule has 0 bridgehead atoms. The zero-order chi connectivity index (χ0) is 12.7. The highest BCUT2D eigenvalue weighted by Gasteiger charge is 2.03. The summed E-state index contributed by atoms with van der Waals surface area (Å²) in [5.74, 6) is 0.681. The number of rotatable bonds is 6. The smallest absolute Gasteiger partial charge is 0.220 e. The van der Waals surface area contributed by atoms with Crippen molar-refractivity contribution in [1.29, 1.82) is 0 Å². The molecule has 0 saturated heterocycles. The normalized spacial score (nSPS) is 12.2. The highest BCUT2D eigenvalue weighted by Crippen LogP contribution is 2.20. The average Bonchev–Trinajstić information content (AvgIpc) is 2.29. The van der Waals surface area contributed by atoms with Crippen molar-refractivity contribution in [3.05, 3.63) is 29.3 Å². The Labute approximate surface area is 111 Å². The molecule has 0 fully saturated rings. The molecule has 0 aromatic heterocycles. The predicted octanol–water partition coefficient (Wildman–Crippen LogP) is 2.32. The third-order valence-electron chi connectivity index (χ3n) is 2.01. The zero-order valence-electron chi connectivity index (χ0n) is 9.65. The van der Waals surface area contributed by atoms with Gasteiger partial charge in [0, 0.05) is 28.6 Å². The van der Waals surface area contributed by atoms with E-state index in [4.69, 9.17) is 16.7 Å². The zero-order valence-corrected chi connectivity index (χ0v) is 11.2. The Hall–Kier alpha value is -0.710. The number of thioether (sulfide) groups is 1. The molecule has 3 nitrogen and oxygen atoms in total. The van der Waals surface area contributed by atoms with Crippen LogP contribution in [0.5, 0.6) is 0 Å². The van der Waals surface area contributed by atoms with E-state index in [2.05, 4.69) is 5.32 Å². The highest BCUT2D eigenvalue weighted by atomic mass is 35.5. The van der Waals surface area contributed by atoms with Crippen LogP contribution in [0.15, 0.2) is 29.2 Å². The van der Waals surface area contributed by atoms with Crippen molar-refractivity contribution < 1.29 is 9.90 Å². The molecule has 1 rings (SSSR count). The summed E-state index contributed by atoms with van der Waals surface area (Å²) in [6.07, 6.45) is -0.0529. The summed E-state index contributed by atoms with van der Waals surface area (Å²) < 4.78 is 0. The van der Waals surface area contributed by atoms with Crippen molar-refractivity contribution >= 4 is 29.3 Å². The maximum atomic E-state index is 11.3. The number of halogens is 1. The van der Waals surface area contributed by atoms with E-state index in [0.717, 1.165) is 4.90 Å². The quantitative estimate of drug-likeness (QED) is 0.782. The van der Waals surface area contributed by atoms with E-state index in [0.29, 0.717) is 23.7 Å². The second-order valence-corrected chi connectivity index (χ2v) is 5.31. The van der Waals surface area contributed by atoms with E-state index in [-0.39, 0.29) is 5.91 Å². The van der Waals surface area contributed by atoms with E-state index in [1.165, 1.54) is 0 Å². The summed E-state index contributed by atoms with van der Waals surface area (Å²) in [4.78, 5) is 12.4. The number of hydrogen-bond donors (Lipinski definition) is 2. The molecule has 0 aliphatic rings. The standard InChI is InChI=1S/C12H16ClNO2S/c1-9(15)8-14-12(16)6-7-17-11-4-2-10(13)3-5-11/h2-5,9,15H,6-8H2,1H3,(H,14,16). The predicted molar refractivity (Wildman–Crippen MR) is 71.5 cm³/mol. The van der Waals surface area contributed by atoms with Gasteiger partial charge in [-0.2, -0.15) is 0 Å². The Balaban J connectivity index is 2.19. The van der Waals surface area contributed by atoms with Gasteiger partial charge in [-0.1, -0.05) is 11.6 Å². The lowest BCUT2D eigenvalue weighted by molar-refractivity contribution is -0.121.